The molecule has 0 spiro atoms. The molecule has 0 aromatic rings. The van der Waals surface area contributed by atoms with Crippen LogP contribution in [-0.4, -0.2) is 17.9 Å². The number of amides is 2. The fourth-order valence-corrected chi connectivity index (χ4v) is 1.47. The lowest BCUT2D eigenvalue weighted by Gasteiger charge is -2.23. The Balaban J connectivity index is 2.57. The monoisotopic (exact) mass is 208 g/mol. The molecule has 1 saturated heterocycles. The van der Waals surface area contributed by atoms with Crippen LogP contribution in [0.5, 0.6) is 0 Å². The molecule has 0 saturated carbocycles. The maximum absolute atomic E-state index is 11.4. The summed E-state index contributed by atoms with van der Waals surface area (Å²) < 4.78 is 0. The van der Waals surface area contributed by atoms with Crippen molar-refractivity contribution in [2.24, 2.45) is 0 Å². The van der Waals surface area contributed by atoms with E-state index in [0.717, 1.165) is 12.1 Å². The second-order valence-electron chi connectivity index (χ2n) is 3.43. The summed E-state index contributed by atoms with van der Waals surface area (Å²) in [4.78, 5) is 22.3. The SMILES string of the molecule is C=C/C=C(\CC)NC1CCC(=O)NC1=O. The van der Waals surface area contributed by atoms with E-state index < -0.39 is 0 Å². The van der Waals surface area contributed by atoms with Crippen LogP contribution in [0.25, 0.3) is 0 Å². The highest BCUT2D eigenvalue weighted by molar-refractivity contribution is 6.00. The molecule has 0 bridgehead atoms. The lowest BCUT2D eigenvalue weighted by Crippen LogP contribution is -2.50. The Morgan fingerprint density at radius 2 is 2.40 bits per heavy atom. The van der Waals surface area contributed by atoms with Gasteiger partial charge in [0.1, 0.15) is 6.04 Å². The van der Waals surface area contributed by atoms with Gasteiger partial charge in [0.2, 0.25) is 11.8 Å². The van der Waals surface area contributed by atoms with E-state index >= 15 is 0 Å². The van der Waals surface area contributed by atoms with E-state index in [9.17, 15) is 9.59 Å². The fourth-order valence-electron chi connectivity index (χ4n) is 1.47. The molecular formula is C11H16N2O2. The second-order valence-corrected chi connectivity index (χ2v) is 3.43. The molecule has 1 fully saturated rings. The Kier molecular flexibility index (Phi) is 4.09. The normalized spacial score (nSPS) is 22.2. The van der Waals surface area contributed by atoms with Crippen LogP contribution in [0.15, 0.2) is 24.4 Å². The molecule has 1 rings (SSSR count). The van der Waals surface area contributed by atoms with Gasteiger partial charge in [-0.25, -0.2) is 0 Å². The minimum Gasteiger partial charge on any atom is -0.377 e. The average Bonchev–Trinajstić information content (AvgIpc) is 2.21. The fraction of sp³-hybridized carbons (Fsp3) is 0.455. The molecule has 2 amide bonds. The summed E-state index contributed by atoms with van der Waals surface area (Å²) in [6.07, 6.45) is 5.28. The molecule has 4 heteroatoms. The maximum atomic E-state index is 11.4. The van der Waals surface area contributed by atoms with E-state index in [1.807, 2.05) is 13.0 Å². The van der Waals surface area contributed by atoms with Crippen LogP contribution in [0.1, 0.15) is 26.2 Å². The molecule has 0 aromatic carbocycles. The molecule has 1 aliphatic rings. The van der Waals surface area contributed by atoms with Gasteiger partial charge in [-0.2, -0.15) is 0 Å². The zero-order valence-corrected chi connectivity index (χ0v) is 8.88. The van der Waals surface area contributed by atoms with Crippen molar-refractivity contribution in [2.45, 2.75) is 32.2 Å². The van der Waals surface area contributed by atoms with Gasteiger partial charge in [0.15, 0.2) is 0 Å². The number of piperidine rings is 1. The van der Waals surface area contributed by atoms with Gasteiger partial charge in [-0.15, -0.1) is 0 Å². The van der Waals surface area contributed by atoms with Crippen LogP contribution in [0.4, 0.5) is 0 Å². The van der Waals surface area contributed by atoms with E-state index in [0.29, 0.717) is 12.8 Å². The van der Waals surface area contributed by atoms with Crippen LogP contribution in [0.3, 0.4) is 0 Å². The third-order valence-electron chi connectivity index (χ3n) is 2.30. The Morgan fingerprint density at radius 1 is 1.67 bits per heavy atom. The molecular weight excluding hydrogens is 192 g/mol. The first-order valence-corrected chi connectivity index (χ1v) is 5.09. The largest absolute Gasteiger partial charge is 0.377 e. The van der Waals surface area contributed by atoms with E-state index in [-0.39, 0.29) is 17.9 Å². The third kappa shape index (κ3) is 3.23. The molecule has 1 unspecified atom stereocenters. The van der Waals surface area contributed by atoms with Crippen molar-refractivity contribution in [3.05, 3.63) is 24.4 Å². The van der Waals surface area contributed by atoms with Crippen molar-refractivity contribution in [1.82, 2.24) is 10.6 Å². The molecule has 4 nitrogen and oxygen atoms in total. The maximum Gasteiger partial charge on any atom is 0.249 e. The summed E-state index contributed by atoms with van der Waals surface area (Å²) in [5.41, 5.74) is 0.958. The summed E-state index contributed by atoms with van der Waals surface area (Å²) in [5.74, 6) is -0.432. The van der Waals surface area contributed by atoms with Gasteiger partial charge in [0, 0.05) is 12.1 Å². The topological polar surface area (TPSA) is 58.2 Å². The first-order valence-electron chi connectivity index (χ1n) is 5.09. The van der Waals surface area contributed by atoms with Gasteiger partial charge in [-0.1, -0.05) is 19.6 Å². The quantitative estimate of drug-likeness (QED) is 0.532. The molecule has 1 aliphatic heterocycles. The van der Waals surface area contributed by atoms with Crippen LogP contribution in [0, 0.1) is 0 Å². The number of hydrogen-bond acceptors (Lipinski definition) is 3. The zero-order valence-electron chi connectivity index (χ0n) is 8.88. The Labute approximate surface area is 89.4 Å². The molecule has 0 aliphatic carbocycles. The van der Waals surface area contributed by atoms with Crippen LogP contribution in [-0.2, 0) is 9.59 Å². The summed E-state index contributed by atoms with van der Waals surface area (Å²) >= 11 is 0. The summed E-state index contributed by atoms with van der Waals surface area (Å²) in [7, 11) is 0. The minimum absolute atomic E-state index is 0.191. The van der Waals surface area contributed by atoms with Gasteiger partial charge in [-0.05, 0) is 18.9 Å². The first kappa shape index (κ1) is 11.5. The third-order valence-corrected chi connectivity index (χ3v) is 2.30. The van der Waals surface area contributed by atoms with Crippen molar-refractivity contribution < 1.29 is 9.59 Å². The zero-order chi connectivity index (χ0) is 11.3. The standard InChI is InChI=1S/C11H16N2O2/c1-3-5-8(4-2)12-9-6-7-10(14)13-11(9)15/h3,5,9,12H,1,4,6-7H2,2H3,(H,13,14,15)/b8-5+. The number of allylic oxidation sites excluding steroid dienone is 3. The van der Waals surface area contributed by atoms with Gasteiger partial charge in [0.25, 0.3) is 0 Å². The van der Waals surface area contributed by atoms with E-state index in [2.05, 4.69) is 17.2 Å². The predicted octanol–water partition coefficient (Wildman–Crippen LogP) is 0.861. The minimum atomic E-state index is -0.297. The molecule has 82 valence electrons. The van der Waals surface area contributed by atoms with Gasteiger partial charge in [-0.3, -0.25) is 14.9 Å². The lowest BCUT2D eigenvalue weighted by atomic mass is 10.1. The highest BCUT2D eigenvalue weighted by Gasteiger charge is 2.26. The molecule has 15 heavy (non-hydrogen) atoms. The summed E-state index contributed by atoms with van der Waals surface area (Å²) in [6, 6.07) is -0.297. The molecule has 2 N–H and O–H groups in total. The first-order chi connectivity index (χ1) is 7.17. The smallest absolute Gasteiger partial charge is 0.249 e. The Hall–Kier alpha value is -1.58. The number of hydrogen-bond donors (Lipinski definition) is 2. The second kappa shape index (κ2) is 5.34. The van der Waals surface area contributed by atoms with E-state index in [1.165, 1.54) is 0 Å². The van der Waals surface area contributed by atoms with Crippen molar-refractivity contribution in [2.75, 3.05) is 0 Å². The Bertz CT molecular complexity index is 308. The summed E-state index contributed by atoms with van der Waals surface area (Å²) in [6.45, 7) is 5.60. The molecule has 1 heterocycles. The highest BCUT2D eigenvalue weighted by Crippen LogP contribution is 2.07. The van der Waals surface area contributed by atoms with Crippen LogP contribution in [0.2, 0.25) is 0 Å². The highest BCUT2D eigenvalue weighted by atomic mass is 16.2. The van der Waals surface area contributed by atoms with Crippen molar-refractivity contribution in [3.8, 4) is 0 Å². The van der Waals surface area contributed by atoms with E-state index in [4.69, 9.17) is 0 Å². The number of carbonyl (C=O) groups excluding carboxylic acids is 2. The average molecular weight is 208 g/mol. The van der Waals surface area contributed by atoms with Gasteiger partial charge in [0.05, 0.1) is 0 Å². The van der Waals surface area contributed by atoms with Crippen molar-refractivity contribution in [3.63, 3.8) is 0 Å². The van der Waals surface area contributed by atoms with Crippen molar-refractivity contribution >= 4 is 11.8 Å². The molecule has 0 aromatic heterocycles. The number of imide groups is 1. The predicted molar refractivity (Wildman–Crippen MR) is 57.9 cm³/mol. The molecule has 1 atom stereocenters. The molecule has 0 radical (unpaired) electrons. The van der Waals surface area contributed by atoms with Crippen molar-refractivity contribution in [1.29, 1.82) is 0 Å². The van der Waals surface area contributed by atoms with E-state index in [1.54, 1.807) is 6.08 Å². The number of nitrogens with one attached hydrogen (secondary N) is 2. The van der Waals surface area contributed by atoms with Crippen LogP contribution < -0.4 is 10.6 Å². The van der Waals surface area contributed by atoms with Gasteiger partial charge < -0.3 is 5.32 Å². The van der Waals surface area contributed by atoms with Crippen LogP contribution >= 0.6 is 0 Å². The lowest BCUT2D eigenvalue weighted by molar-refractivity contribution is -0.134. The number of carbonyl (C=O) groups is 2. The van der Waals surface area contributed by atoms with Gasteiger partial charge >= 0.3 is 0 Å². The Morgan fingerprint density at radius 3 is 2.93 bits per heavy atom. The number of rotatable bonds is 4. The summed E-state index contributed by atoms with van der Waals surface area (Å²) in [5, 5.41) is 5.41.